The number of anilines is 1. The Morgan fingerprint density at radius 1 is 0.867 bits per heavy atom. The molecule has 0 saturated carbocycles. The number of amides is 1. The van der Waals surface area contributed by atoms with Crippen molar-refractivity contribution in [2.24, 2.45) is 0 Å². The van der Waals surface area contributed by atoms with E-state index in [4.69, 9.17) is 0 Å². The van der Waals surface area contributed by atoms with Crippen molar-refractivity contribution in [1.82, 2.24) is 14.9 Å². The molecule has 1 aromatic heterocycles. The fourth-order valence-corrected chi connectivity index (χ4v) is 3.51. The number of benzene rings is 2. The highest BCUT2D eigenvalue weighted by molar-refractivity contribution is 5.92. The predicted octanol–water partition coefficient (Wildman–Crippen LogP) is 4.12. The van der Waals surface area contributed by atoms with Crippen LogP contribution >= 0.6 is 0 Å². The Hall–Kier alpha value is -3.47. The Balaban J connectivity index is 1.37. The predicted molar refractivity (Wildman–Crippen MR) is 121 cm³/mol. The van der Waals surface area contributed by atoms with E-state index in [1.165, 1.54) is 11.1 Å². The van der Waals surface area contributed by atoms with Gasteiger partial charge in [-0.25, -0.2) is 9.97 Å². The van der Waals surface area contributed by atoms with Crippen molar-refractivity contribution in [2.45, 2.75) is 13.8 Å². The first-order valence-electron chi connectivity index (χ1n) is 10.3. The maximum absolute atomic E-state index is 12.5. The van der Waals surface area contributed by atoms with Crippen LogP contribution in [0.5, 0.6) is 0 Å². The standard InChI is InChI=1S/C25H26N4O/c1-19-3-7-21(8-4-19)9-12-25(30)29-15-13-28(14-16-29)24-17-23(26-18-27-24)22-10-5-20(2)6-11-22/h3-12,17-18H,13-16H2,1-2H3. The van der Waals surface area contributed by atoms with Gasteiger partial charge in [-0.1, -0.05) is 59.7 Å². The molecule has 1 fully saturated rings. The molecule has 1 amide bonds. The molecule has 0 atom stereocenters. The van der Waals surface area contributed by atoms with Crippen LogP contribution in [0.4, 0.5) is 5.82 Å². The maximum atomic E-state index is 12.5. The minimum absolute atomic E-state index is 0.0539. The third kappa shape index (κ3) is 4.74. The van der Waals surface area contributed by atoms with Gasteiger partial charge in [0.1, 0.15) is 12.1 Å². The van der Waals surface area contributed by atoms with Crippen LogP contribution in [0.3, 0.4) is 0 Å². The van der Waals surface area contributed by atoms with Crippen LogP contribution in [0.1, 0.15) is 16.7 Å². The summed E-state index contributed by atoms with van der Waals surface area (Å²) in [5.74, 6) is 0.959. The van der Waals surface area contributed by atoms with Crippen molar-refractivity contribution in [1.29, 1.82) is 0 Å². The van der Waals surface area contributed by atoms with E-state index in [1.807, 2.05) is 29.2 Å². The highest BCUT2D eigenvalue weighted by atomic mass is 16.2. The average molecular weight is 399 g/mol. The Bertz CT molecular complexity index is 1030. The van der Waals surface area contributed by atoms with E-state index in [2.05, 4.69) is 65.1 Å². The number of hydrogen-bond donors (Lipinski definition) is 0. The summed E-state index contributed by atoms with van der Waals surface area (Å²) in [5.41, 5.74) is 5.48. The largest absolute Gasteiger partial charge is 0.353 e. The van der Waals surface area contributed by atoms with E-state index in [0.29, 0.717) is 13.1 Å². The number of aromatic nitrogens is 2. The highest BCUT2D eigenvalue weighted by Crippen LogP contribution is 2.22. The zero-order valence-corrected chi connectivity index (χ0v) is 17.5. The summed E-state index contributed by atoms with van der Waals surface area (Å²) in [5, 5.41) is 0. The van der Waals surface area contributed by atoms with Crippen molar-refractivity contribution in [3.8, 4) is 11.3 Å². The topological polar surface area (TPSA) is 49.3 Å². The smallest absolute Gasteiger partial charge is 0.246 e. The van der Waals surface area contributed by atoms with Gasteiger partial charge >= 0.3 is 0 Å². The van der Waals surface area contributed by atoms with Gasteiger partial charge in [0, 0.05) is 43.9 Å². The molecule has 1 saturated heterocycles. The van der Waals surface area contributed by atoms with Gasteiger partial charge in [0.05, 0.1) is 5.69 Å². The first kappa shape index (κ1) is 19.8. The molecule has 152 valence electrons. The monoisotopic (exact) mass is 398 g/mol. The first-order valence-corrected chi connectivity index (χ1v) is 10.3. The Morgan fingerprint density at radius 3 is 2.17 bits per heavy atom. The molecule has 0 spiro atoms. The normalized spacial score (nSPS) is 14.3. The quantitative estimate of drug-likeness (QED) is 0.620. The van der Waals surface area contributed by atoms with Crippen LogP contribution in [0.15, 0.2) is 67.0 Å². The molecule has 0 aliphatic carbocycles. The number of aryl methyl sites for hydroxylation is 2. The third-order valence-electron chi connectivity index (χ3n) is 5.41. The van der Waals surface area contributed by atoms with Crippen molar-refractivity contribution in [3.63, 3.8) is 0 Å². The van der Waals surface area contributed by atoms with Gasteiger partial charge in [0.15, 0.2) is 0 Å². The lowest BCUT2D eigenvalue weighted by Gasteiger charge is -2.35. The molecule has 0 unspecified atom stereocenters. The van der Waals surface area contributed by atoms with Crippen molar-refractivity contribution >= 4 is 17.8 Å². The lowest BCUT2D eigenvalue weighted by Crippen LogP contribution is -2.48. The number of hydrogen-bond acceptors (Lipinski definition) is 4. The summed E-state index contributed by atoms with van der Waals surface area (Å²) < 4.78 is 0. The Labute approximate surface area is 177 Å². The molecule has 5 heteroatoms. The van der Waals surface area contributed by atoms with Gasteiger partial charge in [-0.15, -0.1) is 0 Å². The van der Waals surface area contributed by atoms with Crippen LogP contribution < -0.4 is 4.90 Å². The van der Waals surface area contributed by atoms with E-state index >= 15 is 0 Å². The van der Waals surface area contributed by atoms with Gasteiger partial charge in [-0.05, 0) is 25.5 Å². The van der Waals surface area contributed by atoms with Crippen LogP contribution in [0.25, 0.3) is 17.3 Å². The maximum Gasteiger partial charge on any atom is 0.246 e. The molecule has 2 heterocycles. The highest BCUT2D eigenvalue weighted by Gasteiger charge is 2.21. The lowest BCUT2D eigenvalue weighted by atomic mass is 10.1. The van der Waals surface area contributed by atoms with Crippen molar-refractivity contribution < 1.29 is 4.79 Å². The number of rotatable bonds is 4. The summed E-state index contributed by atoms with van der Waals surface area (Å²) >= 11 is 0. The molecule has 30 heavy (non-hydrogen) atoms. The molecule has 4 rings (SSSR count). The molecule has 5 nitrogen and oxygen atoms in total. The van der Waals surface area contributed by atoms with Crippen LogP contribution in [-0.4, -0.2) is 47.0 Å². The first-order chi connectivity index (χ1) is 14.6. The second kappa shape index (κ2) is 8.91. The SMILES string of the molecule is Cc1ccc(C=CC(=O)N2CCN(c3cc(-c4ccc(C)cc4)ncn3)CC2)cc1. The fourth-order valence-electron chi connectivity index (χ4n) is 3.51. The van der Waals surface area contributed by atoms with E-state index < -0.39 is 0 Å². The Kier molecular flexibility index (Phi) is 5.89. The second-order valence-electron chi connectivity index (χ2n) is 7.68. The molecule has 1 aliphatic rings. The molecule has 3 aromatic rings. The van der Waals surface area contributed by atoms with Gasteiger partial charge in [0.25, 0.3) is 0 Å². The molecule has 0 radical (unpaired) electrons. The minimum Gasteiger partial charge on any atom is -0.353 e. The molecule has 1 aliphatic heterocycles. The van der Waals surface area contributed by atoms with E-state index in [-0.39, 0.29) is 5.91 Å². The number of carbonyl (C=O) groups is 1. The zero-order chi connectivity index (χ0) is 20.9. The van der Waals surface area contributed by atoms with E-state index in [0.717, 1.165) is 35.7 Å². The number of piperazine rings is 1. The molecular formula is C25H26N4O. The van der Waals surface area contributed by atoms with Gasteiger partial charge < -0.3 is 9.80 Å². The molecule has 0 N–H and O–H groups in total. The van der Waals surface area contributed by atoms with Crippen molar-refractivity contribution in [3.05, 3.63) is 83.7 Å². The van der Waals surface area contributed by atoms with Crippen LogP contribution in [0, 0.1) is 13.8 Å². The molecule has 0 bridgehead atoms. The molecule has 2 aromatic carbocycles. The Morgan fingerprint density at radius 2 is 1.50 bits per heavy atom. The summed E-state index contributed by atoms with van der Waals surface area (Å²) in [7, 11) is 0. The van der Waals surface area contributed by atoms with Gasteiger partial charge in [-0.3, -0.25) is 4.79 Å². The fraction of sp³-hybridized carbons (Fsp3) is 0.240. The van der Waals surface area contributed by atoms with E-state index in [1.54, 1.807) is 12.4 Å². The summed E-state index contributed by atoms with van der Waals surface area (Å²) in [6, 6.07) is 18.5. The van der Waals surface area contributed by atoms with E-state index in [9.17, 15) is 4.79 Å². The summed E-state index contributed by atoms with van der Waals surface area (Å²) in [6.45, 7) is 7.01. The van der Waals surface area contributed by atoms with Crippen LogP contribution in [-0.2, 0) is 4.79 Å². The summed E-state index contributed by atoms with van der Waals surface area (Å²) in [4.78, 5) is 25.5. The lowest BCUT2D eigenvalue weighted by molar-refractivity contribution is -0.126. The minimum atomic E-state index is 0.0539. The van der Waals surface area contributed by atoms with Gasteiger partial charge in [-0.2, -0.15) is 0 Å². The zero-order valence-electron chi connectivity index (χ0n) is 17.5. The van der Waals surface area contributed by atoms with Gasteiger partial charge in [0.2, 0.25) is 5.91 Å². The second-order valence-corrected chi connectivity index (χ2v) is 7.68. The van der Waals surface area contributed by atoms with Crippen LogP contribution in [0.2, 0.25) is 0 Å². The number of nitrogens with zero attached hydrogens (tertiary/aromatic N) is 4. The summed E-state index contributed by atoms with van der Waals surface area (Å²) in [6.07, 6.45) is 5.17. The number of carbonyl (C=O) groups excluding carboxylic acids is 1. The molecular weight excluding hydrogens is 372 g/mol. The average Bonchev–Trinajstić information content (AvgIpc) is 2.79. The third-order valence-corrected chi connectivity index (χ3v) is 5.41. The van der Waals surface area contributed by atoms with Crippen molar-refractivity contribution in [2.75, 3.05) is 31.1 Å².